The molecule has 1 unspecified atom stereocenters. The fourth-order valence-electron chi connectivity index (χ4n) is 3.20. The standard InChI is InChI=1S/C13H23N/c1-2-3-11-14-12-7-10-13(12)8-5-4-6-9-13/h2-3,12,14H,4-11H2,1H3/b3-2+. The summed E-state index contributed by atoms with van der Waals surface area (Å²) in [5, 5.41) is 3.69. The van der Waals surface area contributed by atoms with Gasteiger partial charge in [-0.05, 0) is 38.0 Å². The van der Waals surface area contributed by atoms with Gasteiger partial charge in [0.2, 0.25) is 0 Å². The van der Waals surface area contributed by atoms with Crippen LogP contribution >= 0.6 is 0 Å². The first-order chi connectivity index (χ1) is 6.87. The molecule has 0 heterocycles. The Bertz CT molecular complexity index is 201. The normalized spacial score (nSPS) is 30.8. The zero-order valence-corrected chi connectivity index (χ0v) is 9.39. The van der Waals surface area contributed by atoms with Crippen molar-refractivity contribution < 1.29 is 0 Å². The first kappa shape index (κ1) is 10.2. The number of rotatable bonds is 3. The number of nitrogens with one attached hydrogen (secondary N) is 1. The molecule has 0 aromatic heterocycles. The van der Waals surface area contributed by atoms with Crippen molar-refractivity contribution in [1.82, 2.24) is 5.32 Å². The Morgan fingerprint density at radius 2 is 2.00 bits per heavy atom. The van der Waals surface area contributed by atoms with E-state index in [4.69, 9.17) is 0 Å². The summed E-state index contributed by atoms with van der Waals surface area (Å²) in [6.45, 7) is 3.17. The first-order valence-corrected chi connectivity index (χ1v) is 6.22. The van der Waals surface area contributed by atoms with Gasteiger partial charge in [-0.2, -0.15) is 0 Å². The summed E-state index contributed by atoms with van der Waals surface area (Å²) in [6.07, 6.45) is 14.7. The second kappa shape index (κ2) is 4.48. The molecule has 1 atom stereocenters. The Morgan fingerprint density at radius 1 is 1.21 bits per heavy atom. The van der Waals surface area contributed by atoms with Crippen LogP contribution in [0.4, 0.5) is 0 Å². The summed E-state index contributed by atoms with van der Waals surface area (Å²) in [6, 6.07) is 0.832. The van der Waals surface area contributed by atoms with E-state index in [-0.39, 0.29) is 0 Å². The van der Waals surface area contributed by atoms with Gasteiger partial charge in [0, 0.05) is 12.6 Å². The number of allylic oxidation sites excluding steroid dienone is 1. The fraction of sp³-hybridized carbons (Fsp3) is 0.846. The molecule has 1 N–H and O–H groups in total. The van der Waals surface area contributed by atoms with E-state index < -0.39 is 0 Å². The van der Waals surface area contributed by atoms with Crippen molar-refractivity contribution in [3.63, 3.8) is 0 Å². The molecular formula is C13H23N. The van der Waals surface area contributed by atoms with E-state index in [0.717, 1.165) is 18.0 Å². The number of hydrogen-bond donors (Lipinski definition) is 1. The summed E-state index contributed by atoms with van der Waals surface area (Å²) < 4.78 is 0. The molecule has 0 aromatic rings. The maximum atomic E-state index is 3.69. The Hall–Kier alpha value is -0.300. The van der Waals surface area contributed by atoms with Gasteiger partial charge in [0.1, 0.15) is 0 Å². The maximum absolute atomic E-state index is 3.69. The summed E-state index contributed by atoms with van der Waals surface area (Å²) in [4.78, 5) is 0. The van der Waals surface area contributed by atoms with Gasteiger partial charge >= 0.3 is 0 Å². The predicted octanol–water partition coefficient (Wildman–Crippen LogP) is 3.27. The van der Waals surface area contributed by atoms with Crippen LogP contribution in [-0.4, -0.2) is 12.6 Å². The Kier molecular flexibility index (Phi) is 3.27. The van der Waals surface area contributed by atoms with Crippen molar-refractivity contribution in [3.05, 3.63) is 12.2 Å². The Morgan fingerprint density at radius 3 is 2.57 bits per heavy atom. The minimum atomic E-state index is 0.722. The highest BCUT2D eigenvalue weighted by molar-refractivity contribution is 5.02. The SMILES string of the molecule is C/C=C/CNC1CCC12CCCCC2. The molecule has 80 valence electrons. The summed E-state index contributed by atoms with van der Waals surface area (Å²) in [5.41, 5.74) is 0.722. The summed E-state index contributed by atoms with van der Waals surface area (Å²) in [5.74, 6) is 0. The van der Waals surface area contributed by atoms with Crippen LogP contribution in [0.3, 0.4) is 0 Å². The van der Waals surface area contributed by atoms with Crippen LogP contribution in [0.25, 0.3) is 0 Å². The Labute approximate surface area is 88.0 Å². The van der Waals surface area contributed by atoms with Crippen LogP contribution < -0.4 is 5.32 Å². The summed E-state index contributed by atoms with van der Waals surface area (Å²) >= 11 is 0. The van der Waals surface area contributed by atoms with Crippen molar-refractivity contribution in [2.24, 2.45) is 5.41 Å². The van der Waals surface area contributed by atoms with Crippen LogP contribution in [0.2, 0.25) is 0 Å². The average molecular weight is 193 g/mol. The molecule has 0 bridgehead atoms. The molecule has 0 aliphatic heterocycles. The minimum Gasteiger partial charge on any atom is -0.310 e. The van der Waals surface area contributed by atoms with Gasteiger partial charge in [-0.1, -0.05) is 31.4 Å². The monoisotopic (exact) mass is 193 g/mol. The zero-order valence-electron chi connectivity index (χ0n) is 9.39. The van der Waals surface area contributed by atoms with Crippen LogP contribution in [0.5, 0.6) is 0 Å². The lowest BCUT2D eigenvalue weighted by Crippen LogP contribution is -2.54. The predicted molar refractivity (Wildman–Crippen MR) is 61.4 cm³/mol. The molecule has 1 heteroatoms. The summed E-state index contributed by atoms with van der Waals surface area (Å²) in [7, 11) is 0. The van der Waals surface area contributed by atoms with E-state index in [9.17, 15) is 0 Å². The highest BCUT2D eigenvalue weighted by Crippen LogP contribution is 2.51. The van der Waals surface area contributed by atoms with E-state index >= 15 is 0 Å². The van der Waals surface area contributed by atoms with Crippen LogP contribution in [0, 0.1) is 5.41 Å². The van der Waals surface area contributed by atoms with E-state index in [1.165, 1.54) is 44.9 Å². The fourth-order valence-corrected chi connectivity index (χ4v) is 3.20. The molecule has 0 radical (unpaired) electrons. The van der Waals surface area contributed by atoms with Gasteiger partial charge in [0.25, 0.3) is 0 Å². The second-order valence-electron chi connectivity index (χ2n) is 4.99. The zero-order chi connectivity index (χ0) is 9.86. The molecule has 2 fully saturated rings. The lowest BCUT2D eigenvalue weighted by atomic mass is 9.57. The van der Waals surface area contributed by atoms with E-state index in [0.29, 0.717) is 0 Å². The molecule has 14 heavy (non-hydrogen) atoms. The topological polar surface area (TPSA) is 12.0 Å². The van der Waals surface area contributed by atoms with Gasteiger partial charge in [-0.25, -0.2) is 0 Å². The van der Waals surface area contributed by atoms with Gasteiger partial charge in [-0.15, -0.1) is 0 Å². The van der Waals surface area contributed by atoms with Gasteiger partial charge in [0.05, 0.1) is 0 Å². The van der Waals surface area contributed by atoms with Gasteiger partial charge < -0.3 is 5.32 Å². The van der Waals surface area contributed by atoms with E-state index in [1.54, 1.807) is 0 Å². The van der Waals surface area contributed by atoms with E-state index in [1.807, 2.05) is 0 Å². The highest BCUT2D eigenvalue weighted by atomic mass is 15.0. The van der Waals surface area contributed by atoms with Gasteiger partial charge in [0.15, 0.2) is 0 Å². The quantitative estimate of drug-likeness (QED) is 0.678. The Balaban J connectivity index is 1.81. The van der Waals surface area contributed by atoms with Crippen LogP contribution in [-0.2, 0) is 0 Å². The molecule has 0 aromatic carbocycles. The molecular weight excluding hydrogens is 170 g/mol. The lowest BCUT2D eigenvalue weighted by Gasteiger charge is -2.52. The third-order valence-corrected chi connectivity index (χ3v) is 4.24. The smallest absolute Gasteiger partial charge is 0.0137 e. The number of hydrogen-bond acceptors (Lipinski definition) is 1. The maximum Gasteiger partial charge on any atom is 0.0137 e. The van der Waals surface area contributed by atoms with Gasteiger partial charge in [-0.3, -0.25) is 0 Å². The van der Waals surface area contributed by atoms with Crippen LogP contribution in [0.15, 0.2) is 12.2 Å². The minimum absolute atomic E-state index is 0.722. The first-order valence-electron chi connectivity index (χ1n) is 6.22. The second-order valence-corrected chi connectivity index (χ2v) is 4.99. The molecule has 2 rings (SSSR count). The van der Waals surface area contributed by atoms with Crippen molar-refractivity contribution in [2.75, 3.05) is 6.54 Å². The van der Waals surface area contributed by atoms with Crippen molar-refractivity contribution in [2.45, 2.75) is 57.9 Å². The van der Waals surface area contributed by atoms with E-state index in [2.05, 4.69) is 24.4 Å². The van der Waals surface area contributed by atoms with Crippen molar-refractivity contribution in [3.8, 4) is 0 Å². The average Bonchev–Trinajstić information content (AvgIpc) is 2.24. The third-order valence-electron chi connectivity index (χ3n) is 4.24. The third kappa shape index (κ3) is 1.88. The molecule has 2 saturated carbocycles. The lowest BCUT2D eigenvalue weighted by molar-refractivity contribution is 0.0252. The molecule has 0 amide bonds. The highest BCUT2D eigenvalue weighted by Gasteiger charge is 2.46. The molecule has 2 aliphatic carbocycles. The molecule has 2 aliphatic rings. The van der Waals surface area contributed by atoms with Crippen molar-refractivity contribution in [1.29, 1.82) is 0 Å². The largest absolute Gasteiger partial charge is 0.310 e. The molecule has 0 saturated heterocycles. The van der Waals surface area contributed by atoms with Crippen LogP contribution in [0.1, 0.15) is 51.9 Å². The molecule has 1 spiro atoms. The molecule has 1 nitrogen and oxygen atoms in total. The van der Waals surface area contributed by atoms with Crippen molar-refractivity contribution >= 4 is 0 Å².